The van der Waals surface area contributed by atoms with E-state index < -0.39 is 24.8 Å². The Balaban J connectivity index is 2.18. The molecule has 2 rings (SSSR count). The van der Waals surface area contributed by atoms with Crippen molar-refractivity contribution >= 4 is 39.9 Å². The van der Waals surface area contributed by atoms with E-state index in [1.54, 1.807) is 13.2 Å². The van der Waals surface area contributed by atoms with Gasteiger partial charge in [0.2, 0.25) is 0 Å². The number of aryl methyl sites for hydroxylation is 1. The van der Waals surface area contributed by atoms with Crippen LogP contribution in [0.4, 0.5) is 13.8 Å². The monoisotopic (exact) mass is 363 g/mol. The van der Waals surface area contributed by atoms with Crippen LogP contribution in [0.2, 0.25) is 0 Å². The lowest BCUT2D eigenvalue weighted by molar-refractivity contribution is 0.0888. The van der Waals surface area contributed by atoms with Crippen LogP contribution in [0, 0.1) is 6.92 Å². The molecule has 0 aliphatic rings. The lowest BCUT2D eigenvalue weighted by Gasteiger charge is -2.04. The maximum absolute atomic E-state index is 12.2. The summed E-state index contributed by atoms with van der Waals surface area (Å²) in [5.74, 6) is -1.52. The van der Waals surface area contributed by atoms with Gasteiger partial charge in [0.25, 0.3) is 12.3 Å². The number of anilines is 1. The van der Waals surface area contributed by atoms with Gasteiger partial charge in [-0.25, -0.2) is 13.8 Å². The largest absolute Gasteiger partial charge is 0.345 e. The Morgan fingerprint density at radius 1 is 1.35 bits per heavy atom. The highest BCUT2D eigenvalue weighted by molar-refractivity contribution is 8.00. The third-order valence-electron chi connectivity index (χ3n) is 2.36. The van der Waals surface area contributed by atoms with E-state index in [-0.39, 0.29) is 22.4 Å². The molecule has 2 N–H and O–H groups in total. The van der Waals surface area contributed by atoms with Crippen LogP contribution in [0.25, 0.3) is 0 Å². The van der Waals surface area contributed by atoms with Crippen LogP contribution in [0.3, 0.4) is 0 Å². The predicted octanol–water partition coefficient (Wildman–Crippen LogP) is 1.80. The van der Waals surface area contributed by atoms with Gasteiger partial charge in [-0.2, -0.15) is 4.98 Å². The van der Waals surface area contributed by atoms with E-state index in [0.717, 1.165) is 11.3 Å². The number of rotatable bonds is 6. The van der Waals surface area contributed by atoms with Gasteiger partial charge >= 0.3 is 11.8 Å². The van der Waals surface area contributed by atoms with E-state index >= 15 is 0 Å². The van der Waals surface area contributed by atoms with Gasteiger partial charge in [0.05, 0.1) is 6.54 Å². The maximum atomic E-state index is 12.2. The second-order valence-corrected chi connectivity index (χ2v) is 6.12. The SMILES string of the molecule is CSc1nc(C(=O)NCC(F)F)c(NC(=O)c2nc(C)no2)s1. The molecule has 0 radical (unpaired) electrons. The lowest BCUT2D eigenvalue weighted by atomic mass is 10.4. The van der Waals surface area contributed by atoms with Crippen molar-refractivity contribution in [2.45, 2.75) is 17.7 Å². The molecule has 2 heterocycles. The number of alkyl halides is 2. The summed E-state index contributed by atoms with van der Waals surface area (Å²) in [6, 6.07) is 0. The normalized spacial score (nSPS) is 10.8. The first-order valence-corrected chi connectivity index (χ1v) is 8.17. The average Bonchev–Trinajstić information content (AvgIpc) is 3.11. The molecule has 23 heavy (non-hydrogen) atoms. The van der Waals surface area contributed by atoms with Crippen LogP contribution in [-0.2, 0) is 0 Å². The Hall–Kier alpha value is -2.08. The first-order chi connectivity index (χ1) is 10.9. The Morgan fingerprint density at radius 2 is 2.09 bits per heavy atom. The minimum atomic E-state index is -2.68. The number of nitrogens with zero attached hydrogens (tertiary/aromatic N) is 3. The van der Waals surface area contributed by atoms with Gasteiger partial charge < -0.3 is 15.2 Å². The Bertz CT molecular complexity index is 718. The van der Waals surface area contributed by atoms with Crippen LogP contribution >= 0.6 is 23.1 Å². The van der Waals surface area contributed by atoms with Gasteiger partial charge in [0.15, 0.2) is 15.9 Å². The van der Waals surface area contributed by atoms with Crippen LogP contribution in [0.1, 0.15) is 27.0 Å². The van der Waals surface area contributed by atoms with Crippen molar-refractivity contribution in [3.63, 3.8) is 0 Å². The topological polar surface area (TPSA) is 110 Å². The highest BCUT2D eigenvalue weighted by Crippen LogP contribution is 2.30. The number of thiazole rings is 1. The Kier molecular flexibility index (Phi) is 5.60. The van der Waals surface area contributed by atoms with Gasteiger partial charge in [-0.15, -0.1) is 0 Å². The Labute approximate surface area is 137 Å². The molecule has 0 unspecified atom stereocenters. The molecule has 0 bridgehead atoms. The van der Waals surface area contributed by atoms with Gasteiger partial charge in [0, 0.05) is 0 Å². The van der Waals surface area contributed by atoms with Crippen molar-refractivity contribution in [2.24, 2.45) is 0 Å². The number of carbonyl (C=O) groups is 2. The molecule has 8 nitrogen and oxygen atoms in total. The van der Waals surface area contributed by atoms with E-state index in [0.29, 0.717) is 4.34 Å². The summed E-state index contributed by atoms with van der Waals surface area (Å²) in [4.78, 5) is 31.6. The number of hydrogen-bond donors (Lipinski definition) is 2. The number of hydrogen-bond acceptors (Lipinski definition) is 8. The number of nitrogens with one attached hydrogen (secondary N) is 2. The average molecular weight is 363 g/mol. The first kappa shape index (κ1) is 17.3. The molecule has 0 saturated carbocycles. The highest BCUT2D eigenvalue weighted by Gasteiger charge is 2.23. The van der Waals surface area contributed by atoms with Crippen molar-refractivity contribution in [1.29, 1.82) is 0 Å². The van der Waals surface area contributed by atoms with Gasteiger partial charge in [0.1, 0.15) is 5.00 Å². The predicted molar refractivity (Wildman–Crippen MR) is 79.2 cm³/mol. The highest BCUT2D eigenvalue weighted by atomic mass is 32.2. The van der Waals surface area contributed by atoms with E-state index in [9.17, 15) is 18.4 Å². The zero-order valence-electron chi connectivity index (χ0n) is 11.9. The summed E-state index contributed by atoms with van der Waals surface area (Å²) < 4.78 is 29.6. The lowest BCUT2D eigenvalue weighted by Crippen LogP contribution is -2.29. The number of halogens is 2. The second kappa shape index (κ2) is 7.46. The summed E-state index contributed by atoms with van der Waals surface area (Å²) in [6.45, 7) is 0.739. The zero-order chi connectivity index (χ0) is 17.0. The number of amides is 2. The Morgan fingerprint density at radius 3 is 2.65 bits per heavy atom. The molecule has 0 aromatic carbocycles. The standard InChI is InChI=1S/C11H11F2N5O3S2/c1-4-15-9(21-18-4)8(20)17-10-6(16-11(22-2)23-10)7(19)14-3-5(12)13/h5H,3H2,1-2H3,(H,14,19)(H,17,20). The molecule has 0 atom stereocenters. The quantitative estimate of drug-likeness (QED) is 0.753. The third kappa shape index (κ3) is 4.45. The van der Waals surface area contributed by atoms with E-state index in [2.05, 4.69) is 20.4 Å². The first-order valence-electron chi connectivity index (χ1n) is 6.13. The van der Waals surface area contributed by atoms with Crippen molar-refractivity contribution in [1.82, 2.24) is 20.4 Å². The van der Waals surface area contributed by atoms with Gasteiger partial charge in [-0.3, -0.25) is 9.59 Å². The van der Waals surface area contributed by atoms with Crippen molar-refractivity contribution < 1.29 is 22.9 Å². The summed E-state index contributed by atoms with van der Waals surface area (Å²) in [6.07, 6.45) is -0.955. The summed E-state index contributed by atoms with van der Waals surface area (Å²) >= 11 is 2.28. The zero-order valence-corrected chi connectivity index (χ0v) is 13.6. The molecular formula is C11H11F2N5O3S2. The fourth-order valence-corrected chi connectivity index (χ4v) is 2.88. The van der Waals surface area contributed by atoms with Crippen molar-refractivity contribution in [2.75, 3.05) is 18.1 Å². The summed E-state index contributed by atoms with van der Waals surface area (Å²) in [5, 5.41) is 8.05. The molecule has 0 spiro atoms. The smallest absolute Gasteiger partial charge is 0.316 e. The molecule has 2 aromatic rings. The van der Waals surface area contributed by atoms with Gasteiger partial charge in [-0.05, 0) is 13.2 Å². The molecule has 2 amide bonds. The minimum absolute atomic E-state index is 0.113. The molecule has 0 aliphatic carbocycles. The van der Waals surface area contributed by atoms with Crippen LogP contribution in [0.15, 0.2) is 8.86 Å². The number of aromatic nitrogens is 3. The molecule has 0 saturated heterocycles. The van der Waals surface area contributed by atoms with Crippen LogP contribution < -0.4 is 10.6 Å². The number of thioether (sulfide) groups is 1. The molecule has 0 aliphatic heterocycles. The second-order valence-electron chi connectivity index (χ2n) is 4.06. The number of carbonyl (C=O) groups excluding carboxylic acids is 2. The van der Waals surface area contributed by atoms with Gasteiger partial charge in [-0.1, -0.05) is 28.3 Å². The van der Waals surface area contributed by atoms with Crippen molar-refractivity contribution in [3.8, 4) is 0 Å². The maximum Gasteiger partial charge on any atom is 0.316 e. The van der Waals surface area contributed by atoms with E-state index in [1.807, 2.05) is 5.32 Å². The van der Waals surface area contributed by atoms with Crippen LogP contribution in [-0.4, -0.2) is 46.2 Å². The van der Waals surface area contributed by atoms with Crippen molar-refractivity contribution in [3.05, 3.63) is 17.4 Å². The molecule has 124 valence electrons. The fraction of sp³-hybridized carbons (Fsp3) is 0.364. The molecule has 12 heteroatoms. The third-order valence-corrected chi connectivity index (χ3v) is 4.32. The molecule has 0 fully saturated rings. The summed E-state index contributed by atoms with van der Waals surface area (Å²) in [7, 11) is 0. The molecule has 2 aromatic heterocycles. The fourth-order valence-electron chi connectivity index (χ4n) is 1.43. The van der Waals surface area contributed by atoms with E-state index in [4.69, 9.17) is 4.52 Å². The van der Waals surface area contributed by atoms with Crippen LogP contribution in [0.5, 0.6) is 0 Å². The molecular weight excluding hydrogens is 352 g/mol. The minimum Gasteiger partial charge on any atom is -0.345 e. The summed E-state index contributed by atoms with van der Waals surface area (Å²) in [5.41, 5.74) is -0.149. The van der Waals surface area contributed by atoms with E-state index in [1.165, 1.54) is 11.8 Å².